The van der Waals surface area contributed by atoms with Gasteiger partial charge in [0.1, 0.15) is 0 Å². The lowest BCUT2D eigenvalue weighted by Crippen LogP contribution is -2.33. The molecule has 0 radical (unpaired) electrons. The molecule has 76 valence electrons. The molecule has 0 aromatic heterocycles. The standard InChI is InChI=1S/C10H18O3/c1-6-10(5)7(11)12-8(13-10)9(2,3)4/h8H,6H2,1-5H3/t8-,10+/m1/s1. The summed E-state index contributed by atoms with van der Waals surface area (Å²) in [5, 5.41) is 0. The van der Waals surface area contributed by atoms with E-state index in [1.165, 1.54) is 0 Å². The van der Waals surface area contributed by atoms with Gasteiger partial charge in [-0.05, 0) is 13.3 Å². The van der Waals surface area contributed by atoms with Gasteiger partial charge in [-0.2, -0.15) is 0 Å². The van der Waals surface area contributed by atoms with Gasteiger partial charge >= 0.3 is 5.97 Å². The Morgan fingerprint density at radius 1 is 1.46 bits per heavy atom. The molecule has 0 amide bonds. The van der Waals surface area contributed by atoms with E-state index in [0.29, 0.717) is 6.42 Å². The molecule has 0 aliphatic carbocycles. The summed E-state index contributed by atoms with van der Waals surface area (Å²) in [7, 11) is 0. The number of rotatable bonds is 1. The van der Waals surface area contributed by atoms with E-state index in [-0.39, 0.29) is 11.4 Å². The van der Waals surface area contributed by atoms with Crippen LogP contribution in [0, 0.1) is 5.41 Å². The predicted octanol–water partition coefficient (Wildman–Crippen LogP) is 2.10. The van der Waals surface area contributed by atoms with Crippen molar-refractivity contribution in [2.75, 3.05) is 0 Å². The van der Waals surface area contributed by atoms with Crippen LogP contribution in [0.4, 0.5) is 0 Å². The third-order valence-corrected chi connectivity index (χ3v) is 2.39. The van der Waals surface area contributed by atoms with E-state index in [1.54, 1.807) is 6.92 Å². The highest BCUT2D eigenvalue weighted by Gasteiger charge is 2.49. The number of hydrogen-bond donors (Lipinski definition) is 0. The Bertz CT molecular complexity index is 217. The molecule has 0 bridgehead atoms. The fraction of sp³-hybridized carbons (Fsp3) is 0.900. The Morgan fingerprint density at radius 2 is 2.00 bits per heavy atom. The van der Waals surface area contributed by atoms with Crippen molar-refractivity contribution in [3.8, 4) is 0 Å². The van der Waals surface area contributed by atoms with E-state index in [1.807, 2.05) is 27.7 Å². The summed E-state index contributed by atoms with van der Waals surface area (Å²) in [6.07, 6.45) is 0.239. The topological polar surface area (TPSA) is 35.5 Å². The Balaban J connectivity index is 2.77. The molecule has 2 atom stereocenters. The molecule has 1 aliphatic heterocycles. The molecule has 13 heavy (non-hydrogen) atoms. The highest BCUT2D eigenvalue weighted by molar-refractivity contribution is 5.80. The second-order valence-corrected chi connectivity index (χ2v) is 4.81. The first-order valence-corrected chi connectivity index (χ1v) is 4.68. The predicted molar refractivity (Wildman–Crippen MR) is 49.1 cm³/mol. The van der Waals surface area contributed by atoms with Crippen LogP contribution in [-0.4, -0.2) is 17.9 Å². The molecular weight excluding hydrogens is 168 g/mol. The second kappa shape index (κ2) is 2.98. The van der Waals surface area contributed by atoms with Gasteiger partial charge in [0.05, 0.1) is 0 Å². The average Bonchev–Trinajstić information content (AvgIpc) is 2.29. The van der Waals surface area contributed by atoms with Gasteiger partial charge < -0.3 is 9.47 Å². The second-order valence-electron chi connectivity index (χ2n) is 4.81. The molecule has 3 nitrogen and oxygen atoms in total. The molecule has 1 fully saturated rings. The van der Waals surface area contributed by atoms with Crippen molar-refractivity contribution < 1.29 is 14.3 Å². The SMILES string of the molecule is CC[C@]1(C)O[C@H](C(C)(C)C)OC1=O. The van der Waals surface area contributed by atoms with Crippen molar-refractivity contribution >= 4 is 5.97 Å². The highest BCUT2D eigenvalue weighted by Crippen LogP contribution is 2.35. The lowest BCUT2D eigenvalue weighted by molar-refractivity contribution is -0.155. The molecule has 0 unspecified atom stereocenters. The Morgan fingerprint density at radius 3 is 2.23 bits per heavy atom. The van der Waals surface area contributed by atoms with Crippen molar-refractivity contribution in [1.29, 1.82) is 0 Å². The lowest BCUT2D eigenvalue weighted by atomic mass is 9.96. The van der Waals surface area contributed by atoms with Crippen LogP contribution in [0.2, 0.25) is 0 Å². The average molecular weight is 186 g/mol. The summed E-state index contributed by atoms with van der Waals surface area (Å²) >= 11 is 0. The van der Waals surface area contributed by atoms with Gasteiger partial charge in [0.2, 0.25) is 6.29 Å². The quantitative estimate of drug-likeness (QED) is 0.588. The minimum Gasteiger partial charge on any atom is -0.433 e. The zero-order valence-electron chi connectivity index (χ0n) is 9.01. The molecule has 1 heterocycles. The van der Waals surface area contributed by atoms with Gasteiger partial charge in [-0.25, -0.2) is 4.79 Å². The van der Waals surface area contributed by atoms with Crippen molar-refractivity contribution in [3.63, 3.8) is 0 Å². The largest absolute Gasteiger partial charge is 0.433 e. The zero-order valence-corrected chi connectivity index (χ0v) is 9.01. The van der Waals surface area contributed by atoms with E-state index in [4.69, 9.17) is 9.47 Å². The Kier molecular flexibility index (Phi) is 2.41. The molecule has 3 heteroatoms. The van der Waals surface area contributed by atoms with Crippen molar-refractivity contribution in [2.45, 2.75) is 52.9 Å². The summed E-state index contributed by atoms with van der Waals surface area (Å²) < 4.78 is 10.8. The number of ether oxygens (including phenoxy) is 2. The van der Waals surface area contributed by atoms with Gasteiger partial charge in [0.15, 0.2) is 5.60 Å². The van der Waals surface area contributed by atoms with Crippen LogP contribution >= 0.6 is 0 Å². The molecule has 0 spiro atoms. The minimum absolute atomic E-state index is 0.150. The van der Waals surface area contributed by atoms with Crippen LogP contribution in [0.3, 0.4) is 0 Å². The van der Waals surface area contributed by atoms with Crippen molar-refractivity contribution in [1.82, 2.24) is 0 Å². The molecule has 1 saturated heterocycles. The maximum atomic E-state index is 11.4. The molecule has 1 rings (SSSR count). The van der Waals surface area contributed by atoms with Gasteiger partial charge in [-0.3, -0.25) is 0 Å². The van der Waals surface area contributed by atoms with E-state index >= 15 is 0 Å². The Labute approximate surface area is 79.4 Å². The fourth-order valence-electron chi connectivity index (χ4n) is 1.11. The number of cyclic esters (lactones) is 1. The molecule has 0 N–H and O–H groups in total. The van der Waals surface area contributed by atoms with Crippen LogP contribution in [0.15, 0.2) is 0 Å². The van der Waals surface area contributed by atoms with E-state index in [2.05, 4.69) is 0 Å². The van der Waals surface area contributed by atoms with Crippen molar-refractivity contribution in [3.05, 3.63) is 0 Å². The summed E-state index contributed by atoms with van der Waals surface area (Å²) in [5.41, 5.74) is -0.888. The molecule has 0 saturated carbocycles. The third-order valence-electron chi connectivity index (χ3n) is 2.39. The molecule has 1 aliphatic rings. The molecule has 0 aromatic carbocycles. The van der Waals surface area contributed by atoms with Gasteiger partial charge in [-0.15, -0.1) is 0 Å². The fourth-order valence-corrected chi connectivity index (χ4v) is 1.11. The number of hydrogen-bond acceptors (Lipinski definition) is 3. The maximum Gasteiger partial charge on any atom is 0.340 e. The zero-order chi connectivity index (χ0) is 10.3. The van der Waals surface area contributed by atoms with Crippen LogP contribution in [0.25, 0.3) is 0 Å². The summed E-state index contributed by atoms with van der Waals surface area (Å²) in [6.45, 7) is 9.68. The molecule has 0 aromatic rings. The summed E-state index contributed by atoms with van der Waals surface area (Å²) in [6, 6.07) is 0. The van der Waals surface area contributed by atoms with Crippen LogP contribution in [0.5, 0.6) is 0 Å². The van der Waals surface area contributed by atoms with Gasteiger partial charge in [0.25, 0.3) is 0 Å². The normalized spacial score (nSPS) is 34.8. The van der Waals surface area contributed by atoms with Crippen LogP contribution in [0.1, 0.15) is 41.0 Å². The smallest absolute Gasteiger partial charge is 0.340 e. The number of carbonyl (C=O) groups excluding carboxylic acids is 1. The first kappa shape index (κ1) is 10.5. The third kappa shape index (κ3) is 1.85. The van der Waals surface area contributed by atoms with E-state index in [0.717, 1.165) is 0 Å². The lowest BCUT2D eigenvalue weighted by Gasteiger charge is -2.25. The monoisotopic (exact) mass is 186 g/mol. The van der Waals surface area contributed by atoms with E-state index < -0.39 is 11.9 Å². The van der Waals surface area contributed by atoms with Crippen molar-refractivity contribution in [2.24, 2.45) is 5.41 Å². The van der Waals surface area contributed by atoms with Gasteiger partial charge in [0, 0.05) is 5.41 Å². The highest BCUT2D eigenvalue weighted by atomic mass is 16.8. The Hall–Kier alpha value is -0.570. The first-order chi connectivity index (χ1) is 5.79. The number of esters is 1. The minimum atomic E-state index is -0.738. The summed E-state index contributed by atoms with van der Waals surface area (Å²) in [5.74, 6) is -0.241. The summed E-state index contributed by atoms with van der Waals surface area (Å²) in [4.78, 5) is 11.4. The van der Waals surface area contributed by atoms with E-state index in [9.17, 15) is 4.79 Å². The van der Waals surface area contributed by atoms with Crippen LogP contribution in [-0.2, 0) is 14.3 Å². The first-order valence-electron chi connectivity index (χ1n) is 4.68. The molecular formula is C10H18O3. The maximum absolute atomic E-state index is 11.4. The van der Waals surface area contributed by atoms with Gasteiger partial charge in [-0.1, -0.05) is 27.7 Å². The number of carbonyl (C=O) groups is 1. The van der Waals surface area contributed by atoms with Crippen LogP contribution < -0.4 is 0 Å².